The first-order chi connectivity index (χ1) is 10.3. The first-order valence-corrected chi connectivity index (χ1v) is 7.07. The van der Waals surface area contributed by atoms with Crippen molar-refractivity contribution in [3.8, 4) is 0 Å². The Hall–Kier alpha value is -2.34. The Morgan fingerprint density at radius 2 is 2.24 bits per heavy atom. The van der Waals surface area contributed by atoms with Crippen molar-refractivity contribution in [1.82, 2.24) is 10.6 Å². The van der Waals surface area contributed by atoms with E-state index in [0.29, 0.717) is 12.3 Å². The molecule has 6 nitrogen and oxygen atoms in total. The van der Waals surface area contributed by atoms with Crippen LogP contribution in [0.3, 0.4) is 0 Å². The van der Waals surface area contributed by atoms with Gasteiger partial charge in [0.25, 0.3) is 5.91 Å². The van der Waals surface area contributed by atoms with Gasteiger partial charge in [0, 0.05) is 18.3 Å². The van der Waals surface area contributed by atoms with Crippen molar-refractivity contribution in [3.05, 3.63) is 47.3 Å². The van der Waals surface area contributed by atoms with Crippen LogP contribution in [0, 0.1) is 0 Å². The number of fused-ring (bicyclic) bond motifs is 1. The second-order valence-electron chi connectivity index (χ2n) is 5.16. The van der Waals surface area contributed by atoms with Crippen molar-refractivity contribution in [1.29, 1.82) is 0 Å². The predicted molar refractivity (Wildman–Crippen MR) is 78.6 cm³/mol. The van der Waals surface area contributed by atoms with Gasteiger partial charge in [-0.15, -0.1) is 0 Å². The van der Waals surface area contributed by atoms with Gasteiger partial charge in [-0.3, -0.25) is 10.2 Å². The monoisotopic (exact) mass is 286 g/mol. The van der Waals surface area contributed by atoms with Crippen molar-refractivity contribution < 1.29 is 9.32 Å². The van der Waals surface area contributed by atoms with Crippen molar-refractivity contribution in [2.75, 3.05) is 11.4 Å². The third-order valence-electron chi connectivity index (χ3n) is 3.73. The summed E-state index contributed by atoms with van der Waals surface area (Å²) < 4.78 is 5.24. The summed E-state index contributed by atoms with van der Waals surface area (Å²) >= 11 is 0. The average Bonchev–Trinajstić information content (AvgIpc) is 2.89. The third-order valence-corrected chi connectivity index (χ3v) is 3.73. The molecule has 0 radical (unpaired) electrons. The van der Waals surface area contributed by atoms with E-state index < -0.39 is 5.91 Å². The highest BCUT2D eigenvalue weighted by molar-refractivity contribution is 5.91. The Labute approximate surface area is 122 Å². The molecule has 0 spiro atoms. The van der Waals surface area contributed by atoms with Crippen LogP contribution >= 0.6 is 0 Å². The molecule has 1 aromatic heterocycles. The first-order valence-electron chi connectivity index (χ1n) is 7.07. The maximum atomic E-state index is 11.4. The summed E-state index contributed by atoms with van der Waals surface area (Å²) in [6.45, 7) is 1.57. The molecule has 1 aromatic carbocycles. The lowest BCUT2D eigenvalue weighted by Gasteiger charge is -2.23. The molecule has 0 fully saturated rings. The van der Waals surface area contributed by atoms with Gasteiger partial charge in [-0.2, -0.15) is 0 Å². The molecule has 0 unspecified atom stereocenters. The van der Waals surface area contributed by atoms with Gasteiger partial charge in [0.2, 0.25) is 0 Å². The first kappa shape index (κ1) is 13.6. The minimum absolute atomic E-state index is 0.204. The number of carbonyl (C=O) groups excluding carboxylic acids is 1. The predicted octanol–water partition coefficient (Wildman–Crippen LogP) is 1.62. The van der Waals surface area contributed by atoms with Gasteiger partial charge in [0.15, 0.2) is 11.5 Å². The maximum Gasteiger partial charge on any atom is 0.287 e. The van der Waals surface area contributed by atoms with Gasteiger partial charge in [-0.05, 0) is 30.9 Å². The van der Waals surface area contributed by atoms with E-state index in [2.05, 4.69) is 28.3 Å². The van der Waals surface area contributed by atoms with Crippen LogP contribution in [0.4, 0.5) is 5.69 Å². The number of aryl methyl sites for hydroxylation is 1. The summed E-state index contributed by atoms with van der Waals surface area (Å²) in [5.74, 6) is 5.30. The van der Waals surface area contributed by atoms with Crippen LogP contribution < -0.4 is 16.2 Å². The number of para-hydroxylation sites is 1. The molecule has 1 aliphatic heterocycles. The fourth-order valence-electron chi connectivity index (χ4n) is 2.69. The molecule has 1 amide bonds. The Morgan fingerprint density at radius 1 is 1.38 bits per heavy atom. The Kier molecular flexibility index (Phi) is 3.87. The Bertz CT molecular complexity index is 638. The van der Waals surface area contributed by atoms with Crippen LogP contribution in [0.5, 0.6) is 0 Å². The van der Waals surface area contributed by atoms with Gasteiger partial charge < -0.3 is 9.42 Å². The molecule has 21 heavy (non-hydrogen) atoms. The van der Waals surface area contributed by atoms with Crippen molar-refractivity contribution in [3.63, 3.8) is 0 Å². The summed E-state index contributed by atoms with van der Waals surface area (Å²) in [6.07, 6.45) is 3.42. The van der Waals surface area contributed by atoms with E-state index in [9.17, 15) is 4.79 Å². The van der Waals surface area contributed by atoms with E-state index in [0.717, 1.165) is 19.4 Å². The van der Waals surface area contributed by atoms with Gasteiger partial charge in [0.1, 0.15) is 0 Å². The standard InChI is InChI=1S/C15H18N4O2/c16-17-15(20)13-9-12(21-18-13)10-19-8-4-3-6-11-5-1-2-7-14(11)19/h1-2,5,7,9H,3-4,6,8,10,16H2,(H,17,20). The molecule has 1 aliphatic rings. The lowest BCUT2D eigenvalue weighted by molar-refractivity contribution is 0.0944. The molecule has 0 aliphatic carbocycles. The lowest BCUT2D eigenvalue weighted by Crippen LogP contribution is -2.30. The number of hydrogen-bond acceptors (Lipinski definition) is 5. The second-order valence-corrected chi connectivity index (χ2v) is 5.16. The fraction of sp³-hybridized carbons (Fsp3) is 0.333. The van der Waals surface area contributed by atoms with E-state index in [1.807, 2.05) is 11.5 Å². The number of anilines is 1. The summed E-state index contributed by atoms with van der Waals surface area (Å²) in [6, 6.07) is 10.0. The number of aromatic nitrogens is 1. The molecule has 0 saturated carbocycles. The molecule has 110 valence electrons. The van der Waals surface area contributed by atoms with Crippen LogP contribution in [-0.4, -0.2) is 17.6 Å². The minimum Gasteiger partial charge on any atom is -0.364 e. The largest absolute Gasteiger partial charge is 0.364 e. The van der Waals surface area contributed by atoms with Crippen LogP contribution in [0.1, 0.15) is 34.7 Å². The molecular formula is C15H18N4O2. The number of rotatable bonds is 3. The van der Waals surface area contributed by atoms with Crippen molar-refractivity contribution in [2.24, 2.45) is 5.84 Å². The summed E-state index contributed by atoms with van der Waals surface area (Å²) in [4.78, 5) is 13.7. The Morgan fingerprint density at radius 3 is 3.10 bits per heavy atom. The number of hydrazine groups is 1. The third kappa shape index (κ3) is 2.90. The number of nitrogens with two attached hydrogens (primary N) is 1. The number of benzene rings is 1. The molecule has 6 heteroatoms. The molecular weight excluding hydrogens is 268 g/mol. The molecule has 2 aromatic rings. The number of nitrogen functional groups attached to an aromatic ring is 1. The van der Waals surface area contributed by atoms with Gasteiger partial charge in [-0.25, -0.2) is 5.84 Å². The second kappa shape index (κ2) is 5.97. The number of carbonyl (C=O) groups is 1. The number of amides is 1. The SMILES string of the molecule is NNC(=O)c1cc(CN2CCCCc3ccccc32)on1. The average molecular weight is 286 g/mol. The van der Waals surface area contributed by atoms with Gasteiger partial charge in [-0.1, -0.05) is 23.4 Å². The number of hydrogen-bond donors (Lipinski definition) is 2. The molecule has 3 N–H and O–H groups in total. The zero-order valence-corrected chi connectivity index (χ0v) is 11.7. The van der Waals surface area contributed by atoms with Crippen LogP contribution in [0.25, 0.3) is 0 Å². The summed E-state index contributed by atoms with van der Waals surface area (Å²) in [5, 5.41) is 3.74. The summed E-state index contributed by atoms with van der Waals surface area (Å²) in [7, 11) is 0. The van der Waals surface area contributed by atoms with E-state index in [-0.39, 0.29) is 5.69 Å². The zero-order valence-electron chi connectivity index (χ0n) is 11.7. The van der Waals surface area contributed by atoms with E-state index in [1.165, 1.54) is 17.7 Å². The molecule has 2 heterocycles. The quantitative estimate of drug-likeness (QED) is 0.509. The zero-order chi connectivity index (χ0) is 14.7. The van der Waals surface area contributed by atoms with Crippen molar-refractivity contribution in [2.45, 2.75) is 25.8 Å². The maximum absolute atomic E-state index is 11.4. The summed E-state index contributed by atoms with van der Waals surface area (Å²) in [5.41, 5.74) is 4.84. The molecule has 0 atom stereocenters. The van der Waals surface area contributed by atoms with Crippen molar-refractivity contribution >= 4 is 11.6 Å². The van der Waals surface area contributed by atoms with Gasteiger partial charge >= 0.3 is 0 Å². The number of nitrogens with zero attached hydrogens (tertiary/aromatic N) is 2. The van der Waals surface area contributed by atoms with E-state index >= 15 is 0 Å². The highest BCUT2D eigenvalue weighted by atomic mass is 16.5. The lowest BCUT2D eigenvalue weighted by atomic mass is 10.1. The fourth-order valence-corrected chi connectivity index (χ4v) is 2.69. The number of nitrogens with one attached hydrogen (secondary N) is 1. The Balaban J connectivity index is 1.81. The molecule has 3 rings (SSSR count). The van der Waals surface area contributed by atoms with Crippen LogP contribution in [0.2, 0.25) is 0 Å². The van der Waals surface area contributed by atoms with Crippen LogP contribution in [-0.2, 0) is 13.0 Å². The normalized spacial score (nSPS) is 14.4. The minimum atomic E-state index is -0.443. The molecule has 0 saturated heterocycles. The smallest absolute Gasteiger partial charge is 0.287 e. The highest BCUT2D eigenvalue weighted by Gasteiger charge is 2.18. The van der Waals surface area contributed by atoms with Gasteiger partial charge in [0.05, 0.1) is 6.54 Å². The topological polar surface area (TPSA) is 84.4 Å². The van der Waals surface area contributed by atoms with E-state index in [4.69, 9.17) is 10.4 Å². The van der Waals surface area contributed by atoms with Crippen LogP contribution in [0.15, 0.2) is 34.9 Å². The van der Waals surface area contributed by atoms with E-state index in [1.54, 1.807) is 6.07 Å². The molecule has 0 bridgehead atoms. The highest BCUT2D eigenvalue weighted by Crippen LogP contribution is 2.27.